The standard InChI is InChI=1S/C23H28BrNO3/c1-17-15-21(11-12-22(17)24)28-16-23(26)25-19-7-9-20(10-8-19)27-14-13-18-5-3-2-4-6-18/h7-12,15,18H,2-6,13-14,16H2,1H3,(H,25,26). The first-order valence-electron chi connectivity index (χ1n) is 10.0. The first-order chi connectivity index (χ1) is 13.6. The largest absolute Gasteiger partial charge is 0.494 e. The summed E-state index contributed by atoms with van der Waals surface area (Å²) in [5.74, 6) is 2.15. The van der Waals surface area contributed by atoms with Crippen LogP contribution in [0.1, 0.15) is 44.1 Å². The maximum Gasteiger partial charge on any atom is 0.262 e. The van der Waals surface area contributed by atoms with Gasteiger partial charge in [0.2, 0.25) is 0 Å². The molecule has 1 fully saturated rings. The van der Waals surface area contributed by atoms with Gasteiger partial charge in [-0.3, -0.25) is 4.79 Å². The smallest absolute Gasteiger partial charge is 0.262 e. The van der Waals surface area contributed by atoms with Gasteiger partial charge in [-0.1, -0.05) is 48.0 Å². The second-order valence-corrected chi connectivity index (χ2v) is 8.27. The minimum Gasteiger partial charge on any atom is -0.494 e. The van der Waals surface area contributed by atoms with Gasteiger partial charge in [-0.25, -0.2) is 0 Å². The minimum atomic E-state index is -0.188. The Morgan fingerprint density at radius 1 is 1.04 bits per heavy atom. The van der Waals surface area contributed by atoms with Gasteiger partial charge < -0.3 is 14.8 Å². The number of carbonyl (C=O) groups is 1. The highest BCUT2D eigenvalue weighted by Gasteiger charge is 2.13. The Bertz CT molecular complexity index is 770. The average molecular weight is 446 g/mol. The molecule has 2 aromatic carbocycles. The molecule has 0 bridgehead atoms. The molecular formula is C23H28BrNO3. The van der Waals surface area contributed by atoms with Crippen LogP contribution in [0.25, 0.3) is 0 Å². The fraction of sp³-hybridized carbons (Fsp3) is 0.435. The van der Waals surface area contributed by atoms with Crippen molar-refractivity contribution >= 4 is 27.5 Å². The number of aryl methyl sites for hydroxylation is 1. The van der Waals surface area contributed by atoms with Crippen LogP contribution in [0.3, 0.4) is 0 Å². The second-order valence-electron chi connectivity index (χ2n) is 7.41. The third kappa shape index (κ3) is 6.55. The molecule has 150 valence electrons. The molecule has 28 heavy (non-hydrogen) atoms. The topological polar surface area (TPSA) is 47.6 Å². The van der Waals surface area contributed by atoms with Crippen molar-refractivity contribution in [2.24, 2.45) is 5.92 Å². The average Bonchev–Trinajstić information content (AvgIpc) is 2.71. The van der Waals surface area contributed by atoms with Crippen LogP contribution in [0.5, 0.6) is 11.5 Å². The summed E-state index contributed by atoms with van der Waals surface area (Å²) in [6, 6.07) is 13.2. The van der Waals surface area contributed by atoms with Crippen LogP contribution >= 0.6 is 15.9 Å². The van der Waals surface area contributed by atoms with Crippen molar-refractivity contribution in [2.75, 3.05) is 18.5 Å². The maximum atomic E-state index is 12.1. The fourth-order valence-corrected chi connectivity index (χ4v) is 3.75. The SMILES string of the molecule is Cc1cc(OCC(=O)Nc2ccc(OCCC3CCCCC3)cc2)ccc1Br. The number of anilines is 1. The van der Waals surface area contributed by atoms with Gasteiger partial charge in [0.05, 0.1) is 6.61 Å². The summed E-state index contributed by atoms with van der Waals surface area (Å²) in [7, 11) is 0. The number of hydrogen-bond acceptors (Lipinski definition) is 3. The normalized spacial score (nSPS) is 14.5. The molecule has 4 nitrogen and oxygen atoms in total. The number of carbonyl (C=O) groups excluding carboxylic acids is 1. The van der Waals surface area contributed by atoms with Crippen LogP contribution in [0, 0.1) is 12.8 Å². The Labute approximate surface area is 175 Å². The lowest BCUT2D eigenvalue weighted by atomic mass is 9.87. The molecule has 1 aliphatic carbocycles. The van der Waals surface area contributed by atoms with Gasteiger partial charge in [-0.05, 0) is 67.3 Å². The Morgan fingerprint density at radius 3 is 2.46 bits per heavy atom. The fourth-order valence-electron chi connectivity index (χ4n) is 3.51. The molecule has 0 aliphatic heterocycles. The van der Waals surface area contributed by atoms with Gasteiger partial charge >= 0.3 is 0 Å². The number of halogens is 1. The van der Waals surface area contributed by atoms with Crippen LogP contribution in [-0.2, 0) is 4.79 Å². The third-order valence-electron chi connectivity index (χ3n) is 5.16. The highest BCUT2D eigenvalue weighted by atomic mass is 79.9. The van der Waals surface area contributed by atoms with E-state index in [-0.39, 0.29) is 12.5 Å². The first kappa shape index (κ1) is 20.7. The molecule has 2 aromatic rings. The minimum absolute atomic E-state index is 0.0271. The zero-order chi connectivity index (χ0) is 19.8. The number of nitrogens with one attached hydrogen (secondary N) is 1. The Balaban J connectivity index is 1.39. The predicted molar refractivity (Wildman–Crippen MR) is 116 cm³/mol. The molecule has 1 amide bonds. The van der Waals surface area contributed by atoms with Gasteiger partial charge in [-0.15, -0.1) is 0 Å². The molecule has 5 heteroatoms. The first-order valence-corrected chi connectivity index (χ1v) is 10.8. The molecule has 1 saturated carbocycles. The molecular weight excluding hydrogens is 418 g/mol. The summed E-state index contributed by atoms with van der Waals surface area (Å²) in [4.78, 5) is 12.1. The zero-order valence-electron chi connectivity index (χ0n) is 16.4. The molecule has 0 unspecified atom stereocenters. The van der Waals surface area contributed by atoms with E-state index in [2.05, 4.69) is 21.2 Å². The van der Waals surface area contributed by atoms with E-state index in [9.17, 15) is 4.79 Å². The van der Waals surface area contributed by atoms with E-state index in [1.807, 2.05) is 49.4 Å². The van der Waals surface area contributed by atoms with E-state index in [1.54, 1.807) is 0 Å². The van der Waals surface area contributed by atoms with Crippen LogP contribution in [-0.4, -0.2) is 19.1 Å². The molecule has 0 aromatic heterocycles. The lowest BCUT2D eigenvalue weighted by molar-refractivity contribution is -0.118. The molecule has 0 radical (unpaired) electrons. The molecule has 3 rings (SSSR count). The number of amides is 1. The van der Waals surface area contributed by atoms with Crippen LogP contribution in [0.2, 0.25) is 0 Å². The highest BCUT2D eigenvalue weighted by molar-refractivity contribution is 9.10. The lowest BCUT2D eigenvalue weighted by Crippen LogP contribution is -2.20. The van der Waals surface area contributed by atoms with E-state index >= 15 is 0 Å². The summed E-state index contributed by atoms with van der Waals surface area (Å²) in [5.41, 5.74) is 1.80. The second kappa shape index (κ2) is 10.5. The van der Waals surface area contributed by atoms with Crippen LogP contribution in [0.4, 0.5) is 5.69 Å². The third-order valence-corrected chi connectivity index (χ3v) is 6.05. The summed E-state index contributed by atoms with van der Waals surface area (Å²) >= 11 is 3.45. The quantitative estimate of drug-likeness (QED) is 0.531. The summed E-state index contributed by atoms with van der Waals surface area (Å²) in [6.45, 7) is 2.72. The van der Waals surface area contributed by atoms with Crippen molar-refractivity contribution in [3.63, 3.8) is 0 Å². The van der Waals surface area contributed by atoms with Crippen molar-refractivity contribution in [2.45, 2.75) is 45.4 Å². The van der Waals surface area contributed by atoms with E-state index in [4.69, 9.17) is 9.47 Å². The summed E-state index contributed by atoms with van der Waals surface area (Å²) in [6.07, 6.45) is 7.94. The number of benzene rings is 2. The van der Waals surface area contributed by atoms with E-state index in [0.717, 1.165) is 40.4 Å². The maximum absolute atomic E-state index is 12.1. The Morgan fingerprint density at radius 2 is 1.75 bits per heavy atom. The number of rotatable bonds is 8. The van der Waals surface area contributed by atoms with Gasteiger partial charge in [0.25, 0.3) is 5.91 Å². The molecule has 0 saturated heterocycles. The summed E-state index contributed by atoms with van der Waals surface area (Å²) in [5, 5.41) is 2.84. The van der Waals surface area contributed by atoms with Crippen LogP contribution < -0.4 is 14.8 Å². The zero-order valence-corrected chi connectivity index (χ0v) is 18.0. The van der Waals surface area contributed by atoms with Crippen molar-refractivity contribution in [1.82, 2.24) is 0 Å². The molecule has 1 N–H and O–H groups in total. The number of ether oxygens (including phenoxy) is 2. The summed E-state index contributed by atoms with van der Waals surface area (Å²) < 4.78 is 12.4. The molecule has 0 heterocycles. The van der Waals surface area contributed by atoms with E-state index < -0.39 is 0 Å². The lowest BCUT2D eigenvalue weighted by Gasteiger charge is -2.21. The monoisotopic (exact) mass is 445 g/mol. The Hall–Kier alpha value is -2.01. The highest BCUT2D eigenvalue weighted by Crippen LogP contribution is 2.26. The van der Waals surface area contributed by atoms with E-state index in [1.165, 1.54) is 32.1 Å². The number of hydrogen-bond donors (Lipinski definition) is 1. The van der Waals surface area contributed by atoms with Crippen molar-refractivity contribution in [3.8, 4) is 11.5 Å². The molecule has 1 aliphatic rings. The molecule has 0 atom stereocenters. The van der Waals surface area contributed by atoms with Gasteiger partial charge in [0, 0.05) is 10.2 Å². The van der Waals surface area contributed by atoms with Gasteiger partial charge in [0.1, 0.15) is 11.5 Å². The van der Waals surface area contributed by atoms with E-state index in [0.29, 0.717) is 5.75 Å². The molecule has 0 spiro atoms. The van der Waals surface area contributed by atoms with Gasteiger partial charge in [0.15, 0.2) is 6.61 Å². The predicted octanol–water partition coefficient (Wildman–Crippen LogP) is 6.12. The van der Waals surface area contributed by atoms with Crippen molar-refractivity contribution < 1.29 is 14.3 Å². The van der Waals surface area contributed by atoms with Crippen LogP contribution in [0.15, 0.2) is 46.9 Å². The van der Waals surface area contributed by atoms with Crippen molar-refractivity contribution in [3.05, 3.63) is 52.5 Å². The Kier molecular flexibility index (Phi) is 7.78. The van der Waals surface area contributed by atoms with Gasteiger partial charge in [-0.2, -0.15) is 0 Å². The van der Waals surface area contributed by atoms with Crippen molar-refractivity contribution in [1.29, 1.82) is 0 Å².